The molecule has 0 heterocycles. The van der Waals surface area contributed by atoms with Crippen LogP contribution in [0.15, 0.2) is 24.3 Å². The van der Waals surface area contributed by atoms with Gasteiger partial charge in [-0.2, -0.15) is 0 Å². The molecule has 0 N–H and O–H groups in total. The van der Waals surface area contributed by atoms with Gasteiger partial charge in [0, 0.05) is 6.42 Å². The van der Waals surface area contributed by atoms with E-state index in [4.69, 9.17) is 6.42 Å². The zero-order valence-corrected chi connectivity index (χ0v) is 5.80. The molecule has 49 valence electrons. The minimum Gasteiger partial charge on any atom is -0.120 e. The Morgan fingerprint density at radius 3 is 2.40 bits per heavy atom. The highest BCUT2D eigenvalue weighted by atomic mass is 13.9. The van der Waals surface area contributed by atoms with E-state index in [0.717, 1.165) is 5.56 Å². The lowest BCUT2D eigenvalue weighted by Gasteiger charge is -1.94. The van der Waals surface area contributed by atoms with E-state index in [2.05, 4.69) is 12.8 Å². The molecule has 0 amide bonds. The number of hydrogen-bond acceptors (Lipinski definition) is 0. The molecule has 0 unspecified atom stereocenters. The zero-order valence-electron chi connectivity index (χ0n) is 5.80. The predicted octanol–water partition coefficient (Wildman–Crippen LogP) is 2.04. The van der Waals surface area contributed by atoms with E-state index in [0.29, 0.717) is 6.42 Å². The highest BCUT2D eigenvalue weighted by Crippen LogP contribution is 2.02. The van der Waals surface area contributed by atoms with Crippen LogP contribution in [0.4, 0.5) is 0 Å². The Bertz CT molecular complexity index is 236. The third-order valence-electron chi connectivity index (χ3n) is 1.33. The summed E-state index contributed by atoms with van der Waals surface area (Å²) in [7, 11) is 0. The molecule has 0 aromatic heterocycles. The van der Waals surface area contributed by atoms with E-state index in [1.54, 1.807) is 0 Å². The van der Waals surface area contributed by atoms with Gasteiger partial charge in [-0.1, -0.05) is 24.3 Å². The Balaban J connectivity index is 2.81. The van der Waals surface area contributed by atoms with Crippen LogP contribution in [0.1, 0.15) is 11.1 Å². The normalized spacial score (nSPS) is 8.80. The maximum atomic E-state index is 5.13. The Kier molecular flexibility index (Phi) is 2.12. The van der Waals surface area contributed by atoms with E-state index in [-0.39, 0.29) is 0 Å². The molecule has 0 saturated heterocycles. The van der Waals surface area contributed by atoms with Crippen molar-refractivity contribution in [1.82, 2.24) is 0 Å². The summed E-state index contributed by atoms with van der Waals surface area (Å²) in [5.74, 6) is 2.58. The molecule has 1 aromatic carbocycles. The topological polar surface area (TPSA) is 0 Å². The highest BCUT2D eigenvalue weighted by molar-refractivity contribution is 5.26. The molecule has 1 aromatic rings. The van der Waals surface area contributed by atoms with Gasteiger partial charge in [0.15, 0.2) is 0 Å². The molecule has 1 rings (SSSR count). The molecule has 10 heavy (non-hydrogen) atoms. The summed E-state index contributed by atoms with van der Waals surface area (Å²) in [5, 5.41) is 0. The van der Waals surface area contributed by atoms with E-state index < -0.39 is 0 Å². The molecule has 0 heteroatoms. The monoisotopic (exact) mass is 129 g/mol. The minimum atomic E-state index is 0.709. The molecule has 0 fully saturated rings. The van der Waals surface area contributed by atoms with Crippen LogP contribution in [-0.4, -0.2) is 0 Å². The number of terminal acetylenes is 1. The van der Waals surface area contributed by atoms with Gasteiger partial charge in [0.05, 0.1) is 0 Å². The van der Waals surface area contributed by atoms with Crippen LogP contribution in [0.5, 0.6) is 0 Å². The molecule has 0 bridgehead atoms. The summed E-state index contributed by atoms with van der Waals surface area (Å²) in [6.45, 7) is 3.77. The van der Waals surface area contributed by atoms with Crippen molar-refractivity contribution in [2.24, 2.45) is 0 Å². The van der Waals surface area contributed by atoms with Gasteiger partial charge in [-0.15, -0.1) is 12.3 Å². The molecule has 0 spiro atoms. The highest BCUT2D eigenvalue weighted by Gasteiger charge is 1.86. The molecule has 0 nitrogen and oxygen atoms in total. The lowest BCUT2D eigenvalue weighted by atomic mass is 10.1. The largest absolute Gasteiger partial charge is 0.120 e. The average molecular weight is 129 g/mol. The molecule has 0 aliphatic carbocycles. The van der Waals surface area contributed by atoms with Crippen molar-refractivity contribution in [2.45, 2.75) is 6.42 Å². The van der Waals surface area contributed by atoms with Crippen molar-refractivity contribution in [3.05, 3.63) is 42.3 Å². The van der Waals surface area contributed by atoms with Crippen LogP contribution < -0.4 is 0 Å². The van der Waals surface area contributed by atoms with Crippen molar-refractivity contribution in [2.75, 3.05) is 0 Å². The van der Waals surface area contributed by atoms with Crippen molar-refractivity contribution in [3.63, 3.8) is 0 Å². The van der Waals surface area contributed by atoms with E-state index in [1.165, 1.54) is 5.56 Å². The van der Waals surface area contributed by atoms with Crippen molar-refractivity contribution >= 4 is 0 Å². The first kappa shape index (κ1) is 6.89. The lowest BCUT2D eigenvalue weighted by molar-refractivity contribution is 1.31. The fourth-order valence-electron chi connectivity index (χ4n) is 0.775. The number of benzene rings is 1. The van der Waals surface area contributed by atoms with Crippen LogP contribution in [0.2, 0.25) is 0 Å². The molecular formula is C10H9. The maximum absolute atomic E-state index is 5.13. The Labute approximate surface area is 61.9 Å². The summed E-state index contributed by atoms with van der Waals surface area (Å²) in [6, 6.07) is 7.93. The Morgan fingerprint density at radius 2 is 1.90 bits per heavy atom. The molecule has 1 radical (unpaired) electrons. The van der Waals surface area contributed by atoms with Crippen molar-refractivity contribution < 1.29 is 0 Å². The minimum absolute atomic E-state index is 0.709. The second-order valence-electron chi connectivity index (χ2n) is 2.20. The first-order valence-electron chi connectivity index (χ1n) is 3.17. The smallest absolute Gasteiger partial charge is 0.0337 e. The first-order valence-corrected chi connectivity index (χ1v) is 3.17. The van der Waals surface area contributed by atoms with Gasteiger partial charge >= 0.3 is 0 Å². The van der Waals surface area contributed by atoms with Gasteiger partial charge in [0.2, 0.25) is 0 Å². The quantitative estimate of drug-likeness (QED) is 0.509. The predicted molar refractivity (Wildman–Crippen MR) is 43.4 cm³/mol. The fourth-order valence-corrected chi connectivity index (χ4v) is 0.775. The lowest BCUT2D eigenvalue weighted by Crippen LogP contribution is -1.79. The van der Waals surface area contributed by atoms with Gasteiger partial charge < -0.3 is 0 Å². The molecule has 0 saturated carbocycles. The fraction of sp³-hybridized carbons (Fsp3) is 0.100. The summed E-state index contributed by atoms with van der Waals surface area (Å²) >= 11 is 0. The van der Waals surface area contributed by atoms with Crippen molar-refractivity contribution in [3.8, 4) is 12.3 Å². The van der Waals surface area contributed by atoms with Gasteiger partial charge in [0.1, 0.15) is 0 Å². The first-order chi connectivity index (χ1) is 4.83. The second kappa shape index (κ2) is 3.08. The SMILES string of the molecule is C#CCc1ccc([CH2])cc1. The van der Waals surface area contributed by atoms with E-state index >= 15 is 0 Å². The third-order valence-corrected chi connectivity index (χ3v) is 1.33. The Morgan fingerprint density at radius 1 is 1.30 bits per heavy atom. The van der Waals surface area contributed by atoms with Crippen LogP contribution in [0.25, 0.3) is 0 Å². The molecule has 0 aliphatic rings. The van der Waals surface area contributed by atoms with Crippen LogP contribution in [-0.2, 0) is 6.42 Å². The third kappa shape index (κ3) is 1.63. The van der Waals surface area contributed by atoms with E-state index in [9.17, 15) is 0 Å². The maximum Gasteiger partial charge on any atom is 0.0337 e. The zero-order chi connectivity index (χ0) is 7.40. The van der Waals surface area contributed by atoms with Gasteiger partial charge in [-0.25, -0.2) is 0 Å². The molecule has 0 atom stereocenters. The van der Waals surface area contributed by atoms with E-state index in [1.807, 2.05) is 24.3 Å². The average Bonchev–Trinajstić information content (AvgIpc) is 1.95. The van der Waals surface area contributed by atoms with Crippen LogP contribution in [0.3, 0.4) is 0 Å². The standard InChI is InChI=1S/C10H9/c1-3-4-10-7-5-9(2)6-8-10/h1,5-8H,2,4H2. The summed E-state index contributed by atoms with van der Waals surface area (Å²) < 4.78 is 0. The summed E-state index contributed by atoms with van der Waals surface area (Å²) in [4.78, 5) is 0. The van der Waals surface area contributed by atoms with Crippen LogP contribution >= 0.6 is 0 Å². The molecule has 0 aliphatic heterocycles. The van der Waals surface area contributed by atoms with Gasteiger partial charge in [0.25, 0.3) is 0 Å². The number of hydrogen-bond donors (Lipinski definition) is 0. The van der Waals surface area contributed by atoms with Crippen molar-refractivity contribution in [1.29, 1.82) is 0 Å². The number of rotatable bonds is 1. The molecular weight excluding hydrogens is 120 g/mol. The summed E-state index contributed by atoms with van der Waals surface area (Å²) in [6.07, 6.45) is 5.84. The summed E-state index contributed by atoms with van der Waals surface area (Å²) in [5.41, 5.74) is 2.20. The Hall–Kier alpha value is -1.22. The van der Waals surface area contributed by atoms with Crippen LogP contribution in [0, 0.1) is 19.3 Å². The van der Waals surface area contributed by atoms with Gasteiger partial charge in [-0.05, 0) is 18.1 Å². The van der Waals surface area contributed by atoms with Gasteiger partial charge in [-0.3, -0.25) is 0 Å². The second-order valence-corrected chi connectivity index (χ2v) is 2.20.